The number of nitrogens with zero attached hydrogens (tertiary/aromatic N) is 1. The third-order valence-electron chi connectivity index (χ3n) is 8.28. The molecule has 3 rings (SSSR count). The number of oxazole rings is 1. The number of cyclic esters (lactones) is 1. The first-order valence-electron chi connectivity index (χ1n) is 14.7. The first kappa shape index (κ1) is 34.6. The molecule has 0 spiro atoms. The minimum absolute atomic E-state index is 0.0529. The summed E-state index contributed by atoms with van der Waals surface area (Å²) >= 11 is 0. The predicted molar refractivity (Wildman–Crippen MR) is 156 cm³/mol. The van der Waals surface area contributed by atoms with E-state index in [2.05, 4.69) is 11.6 Å². The summed E-state index contributed by atoms with van der Waals surface area (Å²) < 4.78 is 46.3. The molecular formula is C30H48NO10P. The number of aromatic nitrogens is 1. The van der Waals surface area contributed by atoms with Gasteiger partial charge in [-0.25, -0.2) is 9.55 Å². The van der Waals surface area contributed by atoms with Gasteiger partial charge in [-0.2, -0.15) is 0 Å². The molecule has 3 heterocycles. The van der Waals surface area contributed by atoms with Crippen LogP contribution in [-0.2, 0) is 32.8 Å². The Morgan fingerprint density at radius 2 is 1.88 bits per heavy atom. The number of phosphoric acid groups is 1. The van der Waals surface area contributed by atoms with E-state index in [1.165, 1.54) is 6.26 Å². The second kappa shape index (κ2) is 15.7. The molecule has 12 heteroatoms. The standard InChI is InChI=1S/C30H48NO10P/c1-18-11-24-10-8-9-23(37-7)15-28(26-17-38-29(31-26)14-19(2)22(5)36-6)40-30(32)21(4)13-20(3)27(41-42(33,34)35)16-25(12-18)39-24/h14,17,20-25,27-28H,1,8-13,15-16H2,2-7H3,(H2,33,34,35). The van der Waals surface area contributed by atoms with Gasteiger partial charge in [-0.15, -0.1) is 0 Å². The van der Waals surface area contributed by atoms with Crippen LogP contribution in [-0.4, -0.2) is 65.5 Å². The van der Waals surface area contributed by atoms with Crippen LogP contribution in [0.1, 0.15) is 96.8 Å². The molecule has 0 aromatic carbocycles. The maximum absolute atomic E-state index is 13.4. The quantitative estimate of drug-likeness (QED) is 0.215. The van der Waals surface area contributed by atoms with Gasteiger partial charge in [0, 0.05) is 33.1 Å². The topological polar surface area (TPSA) is 147 Å². The molecule has 0 saturated carbocycles. The fraction of sp³-hybridized carbons (Fsp3) is 0.733. The van der Waals surface area contributed by atoms with Crippen molar-refractivity contribution in [3.63, 3.8) is 0 Å². The van der Waals surface area contributed by atoms with Crippen LogP contribution in [0.4, 0.5) is 0 Å². The highest BCUT2D eigenvalue weighted by molar-refractivity contribution is 7.46. The number of rotatable bonds is 7. The van der Waals surface area contributed by atoms with Gasteiger partial charge in [-0.3, -0.25) is 9.32 Å². The highest BCUT2D eigenvalue weighted by Crippen LogP contribution is 2.43. The Morgan fingerprint density at radius 3 is 2.55 bits per heavy atom. The number of ether oxygens (including phenoxy) is 4. The number of hydrogen-bond acceptors (Lipinski definition) is 9. The lowest BCUT2D eigenvalue weighted by Gasteiger charge is -2.36. The largest absolute Gasteiger partial charge is 0.469 e. The molecule has 1 aromatic rings. The lowest BCUT2D eigenvalue weighted by atomic mass is 9.87. The fourth-order valence-electron chi connectivity index (χ4n) is 5.67. The van der Waals surface area contributed by atoms with Crippen LogP contribution in [0.25, 0.3) is 6.08 Å². The Labute approximate surface area is 249 Å². The van der Waals surface area contributed by atoms with Crippen molar-refractivity contribution in [2.45, 2.75) is 116 Å². The number of fused-ring (bicyclic) bond motifs is 2. The monoisotopic (exact) mass is 613 g/mol. The van der Waals surface area contributed by atoms with Gasteiger partial charge in [0.1, 0.15) is 18.1 Å². The van der Waals surface area contributed by atoms with E-state index in [-0.39, 0.29) is 36.8 Å². The van der Waals surface area contributed by atoms with Crippen LogP contribution in [0.3, 0.4) is 0 Å². The lowest BCUT2D eigenvalue weighted by Crippen LogP contribution is -2.35. The average molecular weight is 614 g/mol. The first-order valence-corrected chi connectivity index (χ1v) is 16.3. The molecule has 0 aliphatic carbocycles. The summed E-state index contributed by atoms with van der Waals surface area (Å²) in [6.45, 7) is 11.6. The van der Waals surface area contributed by atoms with E-state index in [9.17, 15) is 19.1 Å². The summed E-state index contributed by atoms with van der Waals surface area (Å²) in [6, 6.07) is 0. The van der Waals surface area contributed by atoms with E-state index in [0.29, 0.717) is 37.3 Å². The normalized spacial score (nSPS) is 31.9. The first-order chi connectivity index (χ1) is 19.8. The van der Waals surface area contributed by atoms with Crippen LogP contribution in [0.2, 0.25) is 0 Å². The smallest absolute Gasteiger partial charge is 0.455 e. The third kappa shape index (κ3) is 10.7. The summed E-state index contributed by atoms with van der Waals surface area (Å²) in [4.78, 5) is 37.2. The van der Waals surface area contributed by atoms with Crippen molar-refractivity contribution in [2.75, 3.05) is 14.2 Å². The Kier molecular flexibility index (Phi) is 13.0. The molecule has 0 radical (unpaired) electrons. The van der Waals surface area contributed by atoms with Crippen LogP contribution >= 0.6 is 7.82 Å². The molecule has 8 unspecified atom stereocenters. The Balaban J connectivity index is 1.88. The molecule has 2 N–H and O–H groups in total. The van der Waals surface area contributed by atoms with Gasteiger partial charge < -0.3 is 33.2 Å². The minimum atomic E-state index is -4.78. The number of carbonyl (C=O) groups is 1. The third-order valence-corrected chi connectivity index (χ3v) is 8.83. The molecule has 2 saturated heterocycles. The van der Waals surface area contributed by atoms with Crippen LogP contribution in [0.5, 0.6) is 0 Å². The fourth-order valence-corrected chi connectivity index (χ4v) is 6.31. The van der Waals surface area contributed by atoms with Crippen molar-refractivity contribution >= 4 is 19.9 Å². The van der Waals surface area contributed by atoms with Crippen molar-refractivity contribution in [3.05, 3.63) is 35.6 Å². The molecule has 11 nitrogen and oxygen atoms in total. The summed E-state index contributed by atoms with van der Waals surface area (Å²) in [5.74, 6) is -1.02. The van der Waals surface area contributed by atoms with Crippen molar-refractivity contribution in [3.8, 4) is 0 Å². The summed E-state index contributed by atoms with van der Waals surface area (Å²) in [5.41, 5.74) is 2.46. The van der Waals surface area contributed by atoms with Gasteiger partial charge in [0.15, 0.2) is 0 Å². The van der Waals surface area contributed by atoms with E-state index in [1.807, 2.05) is 20.8 Å². The van der Waals surface area contributed by atoms with Gasteiger partial charge in [0.25, 0.3) is 0 Å². The molecular weight excluding hydrogens is 565 g/mol. The number of phosphoric ester groups is 1. The summed E-state index contributed by atoms with van der Waals surface area (Å²) in [5, 5.41) is 0. The van der Waals surface area contributed by atoms with Crippen LogP contribution in [0.15, 0.2) is 28.4 Å². The Morgan fingerprint density at radius 1 is 1.17 bits per heavy atom. The number of hydrogen-bond donors (Lipinski definition) is 2. The van der Waals surface area contributed by atoms with Crippen molar-refractivity contribution in [1.82, 2.24) is 4.98 Å². The SMILES string of the molecule is C=C1CC2CCCC(OC)CC(c3coc(C=C(C)C(C)OC)n3)OC(=O)C(C)CC(C)C(OP(=O)(O)O)CC(C1)O2. The van der Waals surface area contributed by atoms with E-state index < -0.39 is 31.9 Å². The Bertz CT molecular complexity index is 1110. The number of esters is 1. The zero-order valence-electron chi connectivity index (χ0n) is 25.7. The maximum Gasteiger partial charge on any atom is 0.469 e. The molecule has 42 heavy (non-hydrogen) atoms. The van der Waals surface area contributed by atoms with Crippen molar-refractivity contribution in [2.24, 2.45) is 11.8 Å². The van der Waals surface area contributed by atoms with E-state index >= 15 is 0 Å². The van der Waals surface area contributed by atoms with Gasteiger partial charge in [0.2, 0.25) is 5.89 Å². The molecule has 8 atom stereocenters. The highest BCUT2D eigenvalue weighted by atomic mass is 31.2. The summed E-state index contributed by atoms with van der Waals surface area (Å²) in [7, 11) is -1.50. The maximum atomic E-state index is 13.4. The molecule has 238 valence electrons. The molecule has 0 amide bonds. The minimum Gasteiger partial charge on any atom is -0.455 e. The van der Waals surface area contributed by atoms with E-state index in [1.54, 1.807) is 27.2 Å². The van der Waals surface area contributed by atoms with Crippen LogP contribution < -0.4 is 0 Å². The van der Waals surface area contributed by atoms with Crippen LogP contribution in [0, 0.1) is 11.8 Å². The molecule has 2 bridgehead atoms. The molecule has 2 aliphatic heterocycles. The van der Waals surface area contributed by atoms with Crippen molar-refractivity contribution in [1.29, 1.82) is 0 Å². The molecule has 2 aliphatic rings. The van der Waals surface area contributed by atoms with E-state index in [4.69, 9.17) is 27.9 Å². The zero-order chi connectivity index (χ0) is 31.0. The second-order valence-electron chi connectivity index (χ2n) is 11.8. The summed E-state index contributed by atoms with van der Waals surface area (Å²) in [6.07, 6.45) is 5.71. The van der Waals surface area contributed by atoms with E-state index in [0.717, 1.165) is 30.4 Å². The van der Waals surface area contributed by atoms with Gasteiger partial charge in [-0.1, -0.05) is 26.0 Å². The zero-order valence-corrected chi connectivity index (χ0v) is 26.6. The predicted octanol–water partition coefficient (Wildman–Crippen LogP) is 5.92. The van der Waals surface area contributed by atoms with Crippen molar-refractivity contribution < 1.29 is 47.0 Å². The van der Waals surface area contributed by atoms with Gasteiger partial charge >= 0.3 is 13.8 Å². The number of methoxy groups -OCH3 is 2. The molecule has 1 aromatic heterocycles. The van der Waals surface area contributed by atoms with Gasteiger partial charge in [0.05, 0.1) is 36.4 Å². The highest BCUT2D eigenvalue weighted by Gasteiger charge is 2.36. The molecule has 2 fully saturated rings. The second-order valence-corrected chi connectivity index (χ2v) is 13.0. The average Bonchev–Trinajstić information content (AvgIpc) is 3.37. The number of carbonyl (C=O) groups excluding carboxylic acids is 1. The Hall–Kier alpha value is -1.85. The lowest BCUT2D eigenvalue weighted by molar-refractivity contribution is -0.157. The van der Waals surface area contributed by atoms with Gasteiger partial charge in [-0.05, 0) is 63.9 Å².